The second kappa shape index (κ2) is 7.61. The molecule has 27 heavy (non-hydrogen) atoms. The summed E-state index contributed by atoms with van der Waals surface area (Å²) < 4.78 is 2.74. The van der Waals surface area contributed by atoms with Crippen molar-refractivity contribution in [1.29, 1.82) is 0 Å². The molecule has 3 heterocycles. The second-order valence-electron chi connectivity index (χ2n) is 7.00. The first kappa shape index (κ1) is 19.9. The SMILES string of the molecule is CC(C)(C)C(=O)n1nc(-c2cc(Br)c[nH]c2=O)cc1NCc1ccc(Cl)s1. The highest BCUT2D eigenvalue weighted by Crippen LogP contribution is 2.27. The summed E-state index contributed by atoms with van der Waals surface area (Å²) in [5.74, 6) is 0.348. The second-order valence-corrected chi connectivity index (χ2v) is 9.72. The minimum absolute atomic E-state index is 0.174. The molecule has 0 unspecified atom stereocenters. The largest absolute Gasteiger partial charge is 0.365 e. The van der Waals surface area contributed by atoms with Gasteiger partial charge in [-0.1, -0.05) is 32.4 Å². The van der Waals surface area contributed by atoms with Crippen molar-refractivity contribution in [3.05, 3.63) is 54.5 Å². The van der Waals surface area contributed by atoms with E-state index in [4.69, 9.17) is 11.6 Å². The Morgan fingerprint density at radius 2 is 2.11 bits per heavy atom. The van der Waals surface area contributed by atoms with Crippen molar-refractivity contribution in [3.8, 4) is 11.3 Å². The lowest BCUT2D eigenvalue weighted by molar-refractivity contribution is 0.0752. The lowest BCUT2D eigenvalue weighted by atomic mass is 9.96. The molecule has 0 radical (unpaired) electrons. The van der Waals surface area contributed by atoms with E-state index in [0.717, 1.165) is 9.35 Å². The topological polar surface area (TPSA) is 79.8 Å². The molecule has 0 spiro atoms. The first-order chi connectivity index (χ1) is 12.6. The number of carbonyl (C=O) groups is 1. The smallest absolute Gasteiger partial charge is 0.257 e. The van der Waals surface area contributed by atoms with Crippen LogP contribution in [0.3, 0.4) is 0 Å². The van der Waals surface area contributed by atoms with Crippen LogP contribution < -0.4 is 10.9 Å². The molecule has 6 nitrogen and oxygen atoms in total. The van der Waals surface area contributed by atoms with E-state index < -0.39 is 5.41 Å². The molecule has 142 valence electrons. The highest BCUT2D eigenvalue weighted by Gasteiger charge is 2.27. The molecule has 0 atom stereocenters. The first-order valence-corrected chi connectivity index (χ1v) is 10.2. The van der Waals surface area contributed by atoms with Gasteiger partial charge in [-0.2, -0.15) is 9.78 Å². The Kier molecular flexibility index (Phi) is 5.60. The van der Waals surface area contributed by atoms with Gasteiger partial charge in [-0.3, -0.25) is 9.59 Å². The molecule has 0 aliphatic heterocycles. The van der Waals surface area contributed by atoms with Crippen molar-refractivity contribution in [1.82, 2.24) is 14.8 Å². The minimum atomic E-state index is -0.629. The Morgan fingerprint density at radius 3 is 2.74 bits per heavy atom. The normalized spacial score (nSPS) is 11.6. The molecule has 3 rings (SSSR count). The highest BCUT2D eigenvalue weighted by atomic mass is 79.9. The number of H-pyrrole nitrogens is 1. The lowest BCUT2D eigenvalue weighted by Crippen LogP contribution is -2.28. The summed E-state index contributed by atoms with van der Waals surface area (Å²) in [5.41, 5.74) is -0.105. The Labute approximate surface area is 173 Å². The number of hydrogen-bond acceptors (Lipinski definition) is 5. The standard InChI is InChI=1S/C18H18BrClN4O2S/c1-18(2,3)17(26)24-15(21-9-11-4-5-14(20)27-11)7-13(23-24)12-6-10(19)8-22-16(12)25/h4-8,21H,9H2,1-3H3,(H,22,25). The van der Waals surface area contributed by atoms with Crippen molar-refractivity contribution in [2.45, 2.75) is 27.3 Å². The molecule has 0 bridgehead atoms. The van der Waals surface area contributed by atoms with Crippen LogP contribution in [0, 0.1) is 5.41 Å². The van der Waals surface area contributed by atoms with Crippen LogP contribution in [0.15, 0.2) is 39.7 Å². The fraction of sp³-hybridized carbons (Fsp3) is 0.278. The van der Waals surface area contributed by atoms with Gasteiger partial charge in [-0.25, -0.2) is 0 Å². The number of nitrogens with one attached hydrogen (secondary N) is 2. The van der Waals surface area contributed by atoms with E-state index in [-0.39, 0.29) is 11.5 Å². The summed E-state index contributed by atoms with van der Waals surface area (Å²) in [4.78, 5) is 28.7. The summed E-state index contributed by atoms with van der Waals surface area (Å²) in [5, 5.41) is 7.63. The zero-order valence-electron chi connectivity index (χ0n) is 15.0. The zero-order chi connectivity index (χ0) is 19.8. The van der Waals surface area contributed by atoms with Gasteiger partial charge in [-0.05, 0) is 34.1 Å². The quantitative estimate of drug-likeness (QED) is 0.562. The van der Waals surface area contributed by atoms with Gasteiger partial charge in [0.25, 0.3) is 11.5 Å². The van der Waals surface area contributed by atoms with Crippen LogP contribution in [0.5, 0.6) is 0 Å². The number of thiophene rings is 1. The molecule has 0 amide bonds. The van der Waals surface area contributed by atoms with Gasteiger partial charge in [0.05, 0.1) is 16.4 Å². The van der Waals surface area contributed by atoms with E-state index in [1.165, 1.54) is 16.0 Å². The maximum absolute atomic E-state index is 12.8. The van der Waals surface area contributed by atoms with Gasteiger partial charge in [0.1, 0.15) is 11.5 Å². The number of anilines is 1. The van der Waals surface area contributed by atoms with Crippen LogP contribution in [0.25, 0.3) is 11.3 Å². The molecule has 3 aromatic heterocycles. The highest BCUT2D eigenvalue weighted by molar-refractivity contribution is 9.10. The molecule has 0 aliphatic carbocycles. The molecule has 2 N–H and O–H groups in total. The van der Waals surface area contributed by atoms with E-state index in [1.807, 2.05) is 32.9 Å². The predicted octanol–water partition coefficient (Wildman–Crippen LogP) is 5.01. The summed E-state index contributed by atoms with van der Waals surface area (Å²) in [6, 6.07) is 7.13. The molecule has 9 heteroatoms. The van der Waals surface area contributed by atoms with Crippen molar-refractivity contribution in [2.75, 3.05) is 5.32 Å². The van der Waals surface area contributed by atoms with Crippen molar-refractivity contribution >= 4 is 50.6 Å². The molecule has 0 aromatic carbocycles. The van der Waals surface area contributed by atoms with Crippen LogP contribution in [-0.4, -0.2) is 20.7 Å². The van der Waals surface area contributed by atoms with Crippen molar-refractivity contribution in [3.63, 3.8) is 0 Å². The van der Waals surface area contributed by atoms with E-state index in [2.05, 4.69) is 31.3 Å². The Balaban J connectivity index is 2.01. The molecule has 0 saturated carbocycles. The number of carbonyl (C=O) groups excluding carboxylic acids is 1. The third-order valence-corrected chi connectivity index (χ3v) is 5.45. The Hall–Kier alpha value is -1.90. The van der Waals surface area contributed by atoms with Gasteiger partial charge in [0.15, 0.2) is 0 Å². The number of aromatic nitrogens is 3. The molecule has 0 saturated heterocycles. The zero-order valence-corrected chi connectivity index (χ0v) is 18.1. The number of pyridine rings is 1. The van der Waals surface area contributed by atoms with Gasteiger partial charge < -0.3 is 10.3 Å². The third kappa shape index (κ3) is 4.51. The molecular formula is C18H18BrClN4O2S. The van der Waals surface area contributed by atoms with Crippen LogP contribution in [0.2, 0.25) is 4.34 Å². The predicted molar refractivity (Wildman–Crippen MR) is 113 cm³/mol. The number of rotatable bonds is 4. The van der Waals surface area contributed by atoms with Gasteiger partial charge >= 0.3 is 0 Å². The number of aromatic amines is 1. The van der Waals surface area contributed by atoms with Crippen LogP contribution >= 0.6 is 38.9 Å². The average Bonchev–Trinajstić information content (AvgIpc) is 3.19. The Bertz CT molecular complexity index is 1050. The number of nitrogens with zero attached hydrogens (tertiary/aromatic N) is 2. The van der Waals surface area contributed by atoms with Crippen molar-refractivity contribution in [2.24, 2.45) is 5.41 Å². The van der Waals surface area contributed by atoms with Crippen molar-refractivity contribution < 1.29 is 4.79 Å². The number of halogens is 2. The Morgan fingerprint density at radius 1 is 1.37 bits per heavy atom. The van der Waals surface area contributed by atoms with E-state index in [9.17, 15) is 9.59 Å². The molecule has 0 fully saturated rings. The van der Waals surface area contributed by atoms with Gasteiger partial charge in [-0.15, -0.1) is 11.3 Å². The maximum atomic E-state index is 12.8. The van der Waals surface area contributed by atoms with Crippen LogP contribution in [0.4, 0.5) is 5.82 Å². The fourth-order valence-electron chi connectivity index (χ4n) is 2.38. The summed E-state index contributed by atoms with van der Waals surface area (Å²) in [6.45, 7) is 5.97. The fourth-order valence-corrected chi connectivity index (χ4v) is 3.75. The lowest BCUT2D eigenvalue weighted by Gasteiger charge is -2.18. The third-order valence-electron chi connectivity index (χ3n) is 3.76. The molecule has 0 aliphatic rings. The maximum Gasteiger partial charge on any atom is 0.257 e. The molecular weight excluding hydrogens is 452 g/mol. The first-order valence-electron chi connectivity index (χ1n) is 8.17. The average molecular weight is 470 g/mol. The summed E-state index contributed by atoms with van der Waals surface area (Å²) in [7, 11) is 0. The van der Waals surface area contributed by atoms with Crippen LogP contribution in [-0.2, 0) is 6.54 Å². The number of hydrogen-bond donors (Lipinski definition) is 2. The van der Waals surface area contributed by atoms with E-state index in [0.29, 0.717) is 28.0 Å². The summed E-state index contributed by atoms with van der Waals surface area (Å²) in [6.07, 6.45) is 1.56. The monoisotopic (exact) mass is 468 g/mol. The van der Waals surface area contributed by atoms with Gasteiger partial charge in [0.2, 0.25) is 0 Å². The summed E-state index contributed by atoms with van der Waals surface area (Å²) >= 11 is 10.8. The minimum Gasteiger partial charge on any atom is -0.365 e. The van der Waals surface area contributed by atoms with E-state index in [1.54, 1.807) is 18.3 Å². The molecule has 3 aromatic rings. The van der Waals surface area contributed by atoms with E-state index >= 15 is 0 Å². The van der Waals surface area contributed by atoms with Gasteiger partial charge in [0, 0.05) is 27.0 Å². The van der Waals surface area contributed by atoms with Crippen LogP contribution in [0.1, 0.15) is 30.4 Å².